The molecular formula is C19H22ClN5O. The molecule has 5 rings (SSSR count). The van der Waals surface area contributed by atoms with E-state index in [0.29, 0.717) is 17.6 Å². The van der Waals surface area contributed by atoms with Crippen LogP contribution in [-0.2, 0) is 5.54 Å². The number of hydrogen-bond acceptors (Lipinski definition) is 5. The van der Waals surface area contributed by atoms with Gasteiger partial charge in [0.1, 0.15) is 5.69 Å². The molecule has 2 aromatic heterocycles. The molecule has 7 heteroatoms. The molecule has 136 valence electrons. The van der Waals surface area contributed by atoms with Gasteiger partial charge in [0.2, 0.25) is 0 Å². The lowest BCUT2D eigenvalue weighted by Gasteiger charge is -2.17. The minimum atomic E-state index is -0.446. The molecule has 1 aromatic carbocycles. The van der Waals surface area contributed by atoms with Gasteiger partial charge in [-0.05, 0) is 43.9 Å². The van der Waals surface area contributed by atoms with Gasteiger partial charge < -0.3 is 10.3 Å². The monoisotopic (exact) mass is 371 g/mol. The number of nitrogens with two attached hydrogens (primary N) is 1. The fraction of sp³-hybridized carbons (Fsp3) is 0.421. The first-order valence-corrected chi connectivity index (χ1v) is 9.02. The number of halogens is 1. The Labute approximate surface area is 158 Å². The molecule has 0 amide bonds. The summed E-state index contributed by atoms with van der Waals surface area (Å²) in [6.07, 6.45) is 6.47. The normalized spacial score (nSPS) is 18.7. The van der Waals surface area contributed by atoms with E-state index < -0.39 is 5.54 Å². The van der Waals surface area contributed by atoms with Gasteiger partial charge in [-0.1, -0.05) is 36.2 Å². The summed E-state index contributed by atoms with van der Waals surface area (Å²) in [7, 11) is 0. The van der Waals surface area contributed by atoms with Gasteiger partial charge in [-0.25, -0.2) is 4.68 Å². The van der Waals surface area contributed by atoms with Crippen molar-refractivity contribution in [2.45, 2.75) is 50.0 Å². The van der Waals surface area contributed by atoms with E-state index in [-0.39, 0.29) is 12.4 Å². The third kappa shape index (κ3) is 2.93. The second-order valence-electron chi connectivity index (χ2n) is 7.26. The Balaban J connectivity index is 0.00000168. The quantitative estimate of drug-likeness (QED) is 0.750. The molecule has 3 aromatic rings. The minimum absolute atomic E-state index is 0. The minimum Gasteiger partial charge on any atom is -0.332 e. The van der Waals surface area contributed by atoms with Gasteiger partial charge in [0.15, 0.2) is 5.82 Å². The molecule has 2 aliphatic rings. The predicted molar refractivity (Wildman–Crippen MR) is 100 cm³/mol. The fourth-order valence-electron chi connectivity index (χ4n) is 3.66. The second-order valence-corrected chi connectivity index (χ2v) is 7.26. The highest BCUT2D eigenvalue weighted by molar-refractivity contribution is 5.85. The molecule has 2 fully saturated rings. The number of hydrogen-bond donors (Lipinski definition) is 1. The van der Waals surface area contributed by atoms with Gasteiger partial charge in [-0.3, -0.25) is 0 Å². The first-order valence-electron chi connectivity index (χ1n) is 9.02. The second kappa shape index (κ2) is 6.52. The van der Waals surface area contributed by atoms with Crippen LogP contribution >= 0.6 is 12.4 Å². The molecule has 0 unspecified atom stereocenters. The van der Waals surface area contributed by atoms with Gasteiger partial charge in [-0.2, -0.15) is 10.1 Å². The summed E-state index contributed by atoms with van der Waals surface area (Å²) in [5.41, 5.74) is 8.96. The summed E-state index contributed by atoms with van der Waals surface area (Å²) < 4.78 is 7.51. The maximum Gasteiger partial charge on any atom is 0.276 e. The predicted octanol–water partition coefficient (Wildman–Crippen LogP) is 3.95. The van der Waals surface area contributed by atoms with Crippen molar-refractivity contribution >= 4 is 12.4 Å². The Morgan fingerprint density at radius 3 is 2.54 bits per heavy atom. The van der Waals surface area contributed by atoms with E-state index in [0.717, 1.165) is 42.8 Å². The van der Waals surface area contributed by atoms with Crippen molar-refractivity contribution in [1.29, 1.82) is 0 Å². The van der Waals surface area contributed by atoms with Crippen LogP contribution in [0.25, 0.3) is 17.3 Å². The largest absolute Gasteiger partial charge is 0.332 e. The van der Waals surface area contributed by atoms with E-state index in [1.807, 2.05) is 35.0 Å². The van der Waals surface area contributed by atoms with Gasteiger partial charge in [0, 0.05) is 5.92 Å². The van der Waals surface area contributed by atoms with Crippen LogP contribution in [0.2, 0.25) is 0 Å². The summed E-state index contributed by atoms with van der Waals surface area (Å²) in [4.78, 5) is 4.65. The SMILES string of the molecule is Cl.NC1(c2noc(-c3cc(C4CC4)nn3-c3ccccc3)n2)CCCC1. The van der Waals surface area contributed by atoms with Gasteiger partial charge in [0.05, 0.1) is 16.9 Å². The fourth-order valence-corrected chi connectivity index (χ4v) is 3.66. The van der Waals surface area contributed by atoms with Crippen LogP contribution in [0.15, 0.2) is 40.9 Å². The third-order valence-electron chi connectivity index (χ3n) is 5.31. The van der Waals surface area contributed by atoms with Crippen molar-refractivity contribution in [3.8, 4) is 17.3 Å². The van der Waals surface area contributed by atoms with E-state index in [1.54, 1.807) is 0 Å². The van der Waals surface area contributed by atoms with E-state index in [2.05, 4.69) is 16.2 Å². The number of para-hydroxylation sites is 1. The Kier molecular flexibility index (Phi) is 4.32. The molecule has 0 saturated heterocycles. The van der Waals surface area contributed by atoms with Crippen LogP contribution in [-0.4, -0.2) is 19.9 Å². The summed E-state index contributed by atoms with van der Waals surface area (Å²) in [6, 6.07) is 12.2. The number of benzene rings is 1. The van der Waals surface area contributed by atoms with Gasteiger partial charge in [-0.15, -0.1) is 12.4 Å². The molecule has 0 aliphatic heterocycles. The zero-order valence-electron chi connectivity index (χ0n) is 14.5. The Morgan fingerprint density at radius 2 is 1.85 bits per heavy atom. The summed E-state index contributed by atoms with van der Waals surface area (Å²) >= 11 is 0. The molecule has 0 radical (unpaired) electrons. The van der Waals surface area contributed by atoms with E-state index in [4.69, 9.17) is 15.4 Å². The third-order valence-corrected chi connectivity index (χ3v) is 5.31. The smallest absolute Gasteiger partial charge is 0.276 e. The topological polar surface area (TPSA) is 82.8 Å². The van der Waals surface area contributed by atoms with Crippen LogP contribution < -0.4 is 5.73 Å². The first-order chi connectivity index (χ1) is 12.2. The molecule has 6 nitrogen and oxygen atoms in total. The van der Waals surface area contributed by atoms with Crippen LogP contribution in [0.3, 0.4) is 0 Å². The number of rotatable bonds is 4. The van der Waals surface area contributed by atoms with Gasteiger partial charge in [0.25, 0.3) is 5.89 Å². The maximum atomic E-state index is 6.48. The van der Waals surface area contributed by atoms with Crippen LogP contribution in [0.1, 0.15) is 56.0 Å². The van der Waals surface area contributed by atoms with Crippen LogP contribution in [0.4, 0.5) is 0 Å². The summed E-state index contributed by atoms with van der Waals surface area (Å²) in [5.74, 6) is 1.67. The number of nitrogens with zero attached hydrogens (tertiary/aromatic N) is 4. The van der Waals surface area contributed by atoms with E-state index >= 15 is 0 Å². The first kappa shape index (κ1) is 17.2. The molecule has 0 bridgehead atoms. The lowest BCUT2D eigenvalue weighted by Crippen LogP contribution is -2.34. The highest BCUT2D eigenvalue weighted by Gasteiger charge is 2.37. The standard InChI is InChI=1S/C19H21N5O.ClH/c20-19(10-4-5-11-19)18-21-17(25-23-18)16-12-15(13-8-9-13)22-24(16)14-6-2-1-3-7-14;/h1-3,6-7,12-13H,4-5,8-11,20H2;1H. The summed E-state index contributed by atoms with van der Waals surface area (Å²) in [5, 5.41) is 9.00. The van der Waals surface area contributed by atoms with Crippen LogP contribution in [0, 0.1) is 0 Å². The lowest BCUT2D eigenvalue weighted by molar-refractivity contribution is 0.372. The van der Waals surface area contributed by atoms with E-state index in [9.17, 15) is 0 Å². The van der Waals surface area contributed by atoms with Crippen molar-refractivity contribution in [1.82, 2.24) is 19.9 Å². The molecule has 0 spiro atoms. The molecule has 2 saturated carbocycles. The average molecular weight is 372 g/mol. The van der Waals surface area contributed by atoms with E-state index in [1.165, 1.54) is 12.8 Å². The highest BCUT2D eigenvalue weighted by Crippen LogP contribution is 2.41. The van der Waals surface area contributed by atoms with Crippen molar-refractivity contribution in [2.75, 3.05) is 0 Å². The molecule has 2 heterocycles. The molecule has 0 atom stereocenters. The van der Waals surface area contributed by atoms with Gasteiger partial charge >= 0.3 is 0 Å². The average Bonchev–Trinajstić information content (AvgIpc) is 3.04. The van der Waals surface area contributed by atoms with Crippen molar-refractivity contribution in [3.05, 3.63) is 47.9 Å². The molecule has 2 N–H and O–H groups in total. The molecular weight excluding hydrogens is 350 g/mol. The molecule has 26 heavy (non-hydrogen) atoms. The van der Waals surface area contributed by atoms with Crippen molar-refractivity contribution < 1.29 is 4.52 Å². The summed E-state index contributed by atoms with van der Waals surface area (Å²) in [6.45, 7) is 0. The van der Waals surface area contributed by atoms with Crippen LogP contribution in [0.5, 0.6) is 0 Å². The maximum absolute atomic E-state index is 6.48. The number of aromatic nitrogens is 4. The Hall–Kier alpha value is -2.18. The zero-order chi connectivity index (χ0) is 16.9. The Bertz CT molecular complexity index is 894. The zero-order valence-corrected chi connectivity index (χ0v) is 15.3. The lowest BCUT2D eigenvalue weighted by atomic mass is 9.99. The van der Waals surface area contributed by atoms with Crippen molar-refractivity contribution in [2.24, 2.45) is 5.73 Å². The Morgan fingerprint density at radius 1 is 1.12 bits per heavy atom. The highest BCUT2D eigenvalue weighted by atomic mass is 35.5. The van der Waals surface area contributed by atoms with Crippen molar-refractivity contribution in [3.63, 3.8) is 0 Å². The molecule has 2 aliphatic carbocycles.